The first kappa shape index (κ1) is 38.0. The van der Waals surface area contributed by atoms with Crippen LogP contribution in [0.4, 0.5) is 0 Å². The average molecular weight is 695 g/mol. The highest BCUT2D eigenvalue weighted by Gasteiger charge is 2.51. The van der Waals surface area contributed by atoms with Crippen molar-refractivity contribution in [2.75, 3.05) is 13.1 Å². The molecule has 1 aliphatic heterocycles. The van der Waals surface area contributed by atoms with Crippen LogP contribution >= 0.6 is 0 Å². The second kappa shape index (κ2) is 16.8. The van der Waals surface area contributed by atoms with Crippen LogP contribution < -0.4 is 16.0 Å². The fraction of sp³-hybridized carbons (Fsp3) is 0.763. The Morgan fingerprint density at radius 2 is 1.72 bits per heavy atom. The summed E-state index contributed by atoms with van der Waals surface area (Å²) in [6.45, 7) is 8.24. The first-order chi connectivity index (χ1) is 23.9. The molecule has 0 aromatic carbocycles. The number of hydrogen-bond donors (Lipinski definition) is 4. The monoisotopic (exact) mass is 694 g/mol. The van der Waals surface area contributed by atoms with Gasteiger partial charge in [-0.3, -0.25) is 29.0 Å². The molecule has 1 saturated heterocycles. The van der Waals surface area contributed by atoms with Crippen LogP contribution in [0.1, 0.15) is 122 Å². The van der Waals surface area contributed by atoms with E-state index in [4.69, 9.17) is 0 Å². The van der Waals surface area contributed by atoms with Crippen molar-refractivity contribution in [2.24, 2.45) is 29.1 Å². The van der Waals surface area contributed by atoms with Crippen LogP contribution in [-0.4, -0.2) is 92.6 Å². The maximum absolute atomic E-state index is 14.7. The summed E-state index contributed by atoms with van der Waals surface area (Å²) in [6, 6.07) is -1.84. The lowest BCUT2D eigenvalue weighted by molar-refractivity contribution is -0.146. The number of carbonyl (C=O) groups is 5. The molecular weight excluding hydrogens is 636 g/mol. The predicted octanol–water partition coefficient (Wildman–Crippen LogP) is 3.37. The summed E-state index contributed by atoms with van der Waals surface area (Å²) >= 11 is 0. The van der Waals surface area contributed by atoms with Crippen molar-refractivity contribution in [3.8, 4) is 0 Å². The van der Waals surface area contributed by atoms with Gasteiger partial charge in [0.2, 0.25) is 5.91 Å². The van der Waals surface area contributed by atoms with Gasteiger partial charge in [0.1, 0.15) is 11.8 Å². The molecule has 12 heteroatoms. The van der Waals surface area contributed by atoms with Gasteiger partial charge in [0.15, 0.2) is 11.6 Å². The number of nitrogens with one attached hydrogen (secondary N) is 3. The van der Waals surface area contributed by atoms with Crippen LogP contribution in [0, 0.1) is 29.1 Å². The van der Waals surface area contributed by atoms with Crippen LogP contribution in [-0.2, 0) is 19.2 Å². The van der Waals surface area contributed by atoms with Crippen LogP contribution in [0.5, 0.6) is 0 Å². The highest BCUT2D eigenvalue weighted by molar-refractivity contribution is 5.98. The maximum atomic E-state index is 14.7. The summed E-state index contributed by atoms with van der Waals surface area (Å²) in [6.07, 6.45) is 13.6. The van der Waals surface area contributed by atoms with Crippen molar-refractivity contribution >= 4 is 29.3 Å². The number of hydrogen-bond acceptors (Lipinski definition) is 9. The van der Waals surface area contributed by atoms with E-state index in [1.165, 1.54) is 18.6 Å². The highest BCUT2D eigenvalue weighted by atomic mass is 16.3. The summed E-state index contributed by atoms with van der Waals surface area (Å²) in [4.78, 5) is 78.7. The molecule has 0 bridgehead atoms. The van der Waals surface area contributed by atoms with Gasteiger partial charge in [-0.2, -0.15) is 0 Å². The zero-order valence-corrected chi connectivity index (χ0v) is 30.4. The topological polar surface area (TPSA) is 171 Å². The number of aliphatic hydroxyl groups excluding tert-OH is 1. The van der Waals surface area contributed by atoms with Crippen molar-refractivity contribution in [3.63, 3.8) is 0 Å². The van der Waals surface area contributed by atoms with E-state index in [1.54, 1.807) is 4.90 Å². The normalized spacial score (nSPS) is 24.9. The minimum absolute atomic E-state index is 0.0306. The molecule has 2 heterocycles. The van der Waals surface area contributed by atoms with Gasteiger partial charge < -0.3 is 26.0 Å². The lowest BCUT2D eigenvalue weighted by Crippen LogP contribution is -2.54. The zero-order chi connectivity index (χ0) is 36.0. The number of nitrogens with zero attached hydrogens (tertiary/aromatic N) is 3. The van der Waals surface area contributed by atoms with E-state index in [0.717, 1.165) is 70.6 Å². The number of aromatic nitrogens is 2. The van der Waals surface area contributed by atoms with E-state index in [9.17, 15) is 29.1 Å². The van der Waals surface area contributed by atoms with Crippen LogP contribution in [0.15, 0.2) is 18.6 Å². The smallest absolute Gasteiger partial charge is 0.272 e. The Morgan fingerprint density at radius 3 is 2.36 bits per heavy atom. The number of carbonyl (C=O) groups excluding carboxylic acids is 5. The van der Waals surface area contributed by atoms with E-state index in [-0.39, 0.29) is 59.9 Å². The van der Waals surface area contributed by atoms with Crippen molar-refractivity contribution in [1.29, 1.82) is 0 Å². The molecule has 12 nitrogen and oxygen atoms in total. The number of likely N-dealkylation sites (tertiary alicyclic amines) is 1. The summed E-state index contributed by atoms with van der Waals surface area (Å²) in [7, 11) is 0. The van der Waals surface area contributed by atoms with E-state index in [1.807, 2.05) is 27.7 Å². The summed E-state index contributed by atoms with van der Waals surface area (Å²) < 4.78 is 0. The van der Waals surface area contributed by atoms with E-state index in [0.29, 0.717) is 13.0 Å². The second-order valence-corrected chi connectivity index (χ2v) is 16.3. The first-order valence-corrected chi connectivity index (χ1v) is 19.0. The number of ketones is 2. The summed E-state index contributed by atoms with van der Waals surface area (Å²) in [5.41, 5.74) is -0.450. The molecule has 7 atom stereocenters. The molecule has 3 aliphatic carbocycles. The standard InChI is InChI=1S/C38H58N6O6/c1-5-10-28(34(47)36(49)42-25-15-16-25)41-21-31(46)33-26-14-9-13-24(26)22-44(33)37(50)27(38(2,3)4)19-30(45)32(23-11-7-6-8-12-23)43-35(48)29-20-39-17-18-40-29/h17-18,20,23-28,32-34,41,47H,5-16,19,21-22H2,1-4H3,(H,42,49)(H,43,48)/t24-,26-,27+,28-,32-,33-,34?/m0/s1. The van der Waals surface area contributed by atoms with Crippen molar-refractivity contribution in [3.05, 3.63) is 24.3 Å². The molecule has 4 fully saturated rings. The third-order valence-electron chi connectivity index (χ3n) is 11.5. The molecule has 50 heavy (non-hydrogen) atoms. The van der Waals surface area contributed by atoms with Gasteiger partial charge in [0.05, 0.1) is 24.8 Å². The number of aliphatic hydroxyl groups is 1. The quantitative estimate of drug-likeness (QED) is 0.203. The molecule has 1 unspecified atom stereocenters. The zero-order valence-electron chi connectivity index (χ0n) is 30.4. The number of rotatable bonds is 16. The average Bonchev–Trinajstić information content (AvgIpc) is 3.67. The minimum Gasteiger partial charge on any atom is -0.382 e. The molecular formula is C38H58N6O6. The number of fused-ring (bicyclic) bond motifs is 1. The second-order valence-electron chi connectivity index (χ2n) is 16.3. The molecule has 3 amide bonds. The van der Waals surface area contributed by atoms with Crippen LogP contribution in [0.3, 0.4) is 0 Å². The van der Waals surface area contributed by atoms with Gasteiger partial charge in [-0.05, 0) is 68.1 Å². The molecule has 0 spiro atoms. The predicted molar refractivity (Wildman–Crippen MR) is 188 cm³/mol. The maximum Gasteiger partial charge on any atom is 0.272 e. The fourth-order valence-corrected chi connectivity index (χ4v) is 8.51. The molecule has 1 aromatic rings. The third kappa shape index (κ3) is 9.34. The molecule has 4 aliphatic rings. The fourth-order valence-electron chi connectivity index (χ4n) is 8.51. The Kier molecular flexibility index (Phi) is 12.8. The Bertz CT molecular complexity index is 1360. The number of Topliss-reactive ketones (excluding diaryl/α,β-unsaturated/α-hetero) is 2. The van der Waals surface area contributed by atoms with Crippen LogP contribution in [0.2, 0.25) is 0 Å². The van der Waals surface area contributed by atoms with Gasteiger partial charge in [0.25, 0.3) is 11.8 Å². The number of amides is 3. The molecule has 5 rings (SSSR count). The van der Waals surface area contributed by atoms with E-state index in [2.05, 4.69) is 25.9 Å². The van der Waals surface area contributed by atoms with E-state index < -0.39 is 47.4 Å². The third-order valence-corrected chi connectivity index (χ3v) is 11.5. The minimum atomic E-state index is -1.27. The lowest BCUT2D eigenvalue weighted by Gasteiger charge is -2.37. The molecule has 4 N–H and O–H groups in total. The highest BCUT2D eigenvalue weighted by Crippen LogP contribution is 2.44. The van der Waals surface area contributed by atoms with Gasteiger partial charge >= 0.3 is 0 Å². The first-order valence-electron chi connectivity index (χ1n) is 19.0. The molecule has 0 radical (unpaired) electrons. The van der Waals surface area contributed by atoms with Gasteiger partial charge in [-0.15, -0.1) is 0 Å². The van der Waals surface area contributed by atoms with E-state index >= 15 is 0 Å². The Labute approximate surface area is 296 Å². The Balaban J connectivity index is 1.32. The Morgan fingerprint density at radius 1 is 0.980 bits per heavy atom. The summed E-state index contributed by atoms with van der Waals surface area (Å²) in [5.74, 6) is -1.85. The summed E-state index contributed by atoms with van der Waals surface area (Å²) in [5, 5.41) is 19.8. The largest absolute Gasteiger partial charge is 0.382 e. The van der Waals surface area contributed by atoms with Crippen LogP contribution in [0.25, 0.3) is 0 Å². The molecule has 3 saturated carbocycles. The van der Waals surface area contributed by atoms with Gasteiger partial charge in [-0.1, -0.05) is 59.8 Å². The van der Waals surface area contributed by atoms with Crippen molar-refractivity contribution < 1.29 is 29.1 Å². The molecule has 276 valence electrons. The van der Waals surface area contributed by atoms with Gasteiger partial charge in [-0.25, -0.2) is 4.98 Å². The lowest BCUT2D eigenvalue weighted by atomic mass is 9.74. The molecule has 1 aromatic heterocycles. The van der Waals surface area contributed by atoms with Crippen molar-refractivity contribution in [1.82, 2.24) is 30.8 Å². The SMILES string of the molecule is CCC[C@H](NCC(=O)[C@@H]1[C@H]2CCC[C@H]2CN1C(=O)[C@@H](CC(=O)[C@@H](NC(=O)c1cnccn1)C1CCCCC1)C(C)(C)C)C(O)C(=O)NC1CC1. The van der Waals surface area contributed by atoms with Gasteiger partial charge in [0, 0.05) is 43.4 Å². The Hall–Kier alpha value is -3.25. The van der Waals surface area contributed by atoms with Crippen molar-refractivity contribution in [2.45, 2.75) is 141 Å².